The molecule has 2 heterocycles. The van der Waals surface area contributed by atoms with Gasteiger partial charge in [-0.2, -0.15) is 11.3 Å². The number of thiophene rings is 1. The number of aromatic nitrogens is 1. The Bertz CT molecular complexity index is 508. The predicted molar refractivity (Wildman–Crippen MR) is 65.7 cm³/mol. The molecule has 16 heavy (non-hydrogen) atoms. The summed E-state index contributed by atoms with van der Waals surface area (Å²) in [6.45, 7) is 1.81. The third-order valence-corrected chi connectivity index (χ3v) is 2.82. The Morgan fingerprint density at radius 1 is 1.44 bits per heavy atom. The van der Waals surface area contributed by atoms with Gasteiger partial charge in [0.05, 0.1) is 16.9 Å². The van der Waals surface area contributed by atoms with Gasteiger partial charge in [0.15, 0.2) is 0 Å². The molecule has 5 heteroatoms. The lowest BCUT2D eigenvalue weighted by atomic mass is 10.2. The summed E-state index contributed by atoms with van der Waals surface area (Å²) in [5, 5.41) is 6.45. The number of nitrogen functional groups attached to an aromatic ring is 1. The SMILES string of the molecule is Cc1nc(N)ccc1NC(=O)c1ccsc1. The zero-order valence-electron chi connectivity index (χ0n) is 8.73. The molecular formula is C11H11N3OS. The van der Waals surface area contributed by atoms with E-state index in [1.165, 1.54) is 11.3 Å². The molecule has 2 rings (SSSR count). The summed E-state index contributed by atoms with van der Waals surface area (Å²) < 4.78 is 0. The van der Waals surface area contributed by atoms with Crippen molar-refractivity contribution in [3.63, 3.8) is 0 Å². The molecule has 3 N–H and O–H groups in total. The van der Waals surface area contributed by atoms with Crippen LogP contribution in [0, 0.1) is 6.92 Å². The van der Waals surface area contributed by atoms with Gasteiger partial charge in [-0.15, -0.1) is 0 Å². The lowest BCUT2D eigenvalue weighted by molar-refractivity contribution is 0.102. The summed E-state index contributed by atoms with van der Waals surface area (Å²) in [5.74, 6) is 0.321. The molecule has 0 aromatic carbocycles. The summed E-state index contributed by atoms with van der Waals surface area (Å²) in [6, 6.07) is 5.19. The zero-order valence-corrected chi connectivity index (χ0v) is 9.54. The minimum absolute atomic E-state index is 0.129. The molecule has 0 aliphatic carbocycles. The highest BCUT2D eigenvalue weighted by Gasteiger charge is 2.08. The summed E-state index contributed by atoms with van der Waals surface area (Å²) in [6.07, 6.45) is 0. The Morgan fingerprint density at radius 2 is 2.25 bits per heavy atom. The van der Waals surface area contributed by atoms with Crippen LogP contribution in [0.25, 0.3) is 0 Å². The number of nitrogens with one attached hydrogen (secondary N) is 1. The van der Waals surface area contributed by atoms with Gasteiger partial charge in [0.25, 0.3) is 5.91 Å². The van der Waals surface area contributed by atoms with Crippen LogP contribution in [0.4, 0.5) is 11.5 Å². The number of nitrogens with two attached hydrogens (primary N) is 1. The van der Waals surface area contributed by atoms with Crippen molar-refractivity contribution in [2.75, 3.05) is 11.1 Å². The van der Waals surface area contributed by atoms with Gasteiger partial charge in [-0.05, 0) is 30.5 Å². The molecule has 0 aliphatic heterocycles. The maximum absolute atomic E-state index is 11.7. The summed E-state index contributed by atoms with van der Waals surface area (Å²) in [4.78, 5) is 15.8. The van der Waals surface area contributed by atoms with Crippen LogP contribution in [-0.2, 0) is 0 Å². The molecule has 2 aromatic heterocycles. The first kappa shape index (κ1) is 10.6. The molecule has 0 bridgehead atoms. The molecule has 0 saturated carbocycles. The van der Waals surface area contributed by atoms with E-state index in [2.05, 4.69) is 10.3 Å². The molecule has 1 amide bonds. The van der Waals surface area contributed by atoms with Gasteiger partial charge in [0.1, 0.15) is 5.82 Å². The standard InChI is InChI=1S/C11H11N3OS/c1-7-9(2-3-10(12)13-7)14-11(15)8-4-5-16-6-8/h2-6H,1H3,(H2,12,13)(H,14,15). The van der Waals surface area contributed by atoms with Gasteiger partial charge in [0, 0.05) is 5.38 Å². The molecule has 0 spiro atoms. The molecule has 0 aliphatic rings. The predicted octanol–water partition coefficient (Wildman–Crippen LogP) is 2.29. The Morgan fingerprint density at radius 3 is 2.88 bits per heavy atom. The number of anilines is 2. The Kier molecular flexibility index (Phi) is 2.87. The molecule has 0 radical (unpaired) electrons. The number of carbonyl (C=O) groups is 1. The topological polar surface area (TPSA) is 68.0 Å². The van der Waals surface area contributed by atoms with Crippen molar-refractivity contribution in [2.45, 2.75) is 6.92 Å². The van der Waals surface area contributed by atoms with Crippen molar-refractivity contribution in [1.29, 1.82) is 0 Å². The fourth-order valence-corrected chi connectivity index (χ4v) is 1.94. The number of rotatable bonds is 2. The van der Waals surface area contributed by atoms with Crippen LogP contribution in [0.2, 0.25) is 0 Å². The first-order chi connectivity index (χ1) is 7.66. The first-order valence-electron chi connectivity index (χ1n) is 4.73. The maximum Gasteiger partial charge on any atom is 0.256 e. The van der Waals surface area contributed by atoms with Gasteiger partial charge >= 0.3 is 0 Å². The van der Waals surface area contributed by atoms with Crippen LogP contribution >= 0.6 is 11.3 Å². The number of aryl methyl sites for hydroxylation is 1. The van der Waals surface area contributed by atoms with Crippen LogP contribution in [0.15, 0.2) is 29.0 Å². The van der Waals surface area contributed by atoms with Crippen molar-refractivity contribution in [3.05, 3.63) is 40.2 Å². The van der Waals surface area contributed by atoms with Gasteiger partial charge in [0.2, 0.25) is 0 Å². The average molecular weight is 233 g/mol. The Labute approximate surface area is 97.1 Å². The molecule has 0 fully saturated rings. The van der Waals surface area contributed by atoms with Gasteiger partial charge < -0.3 is 11.1 Å². The van der Waals surface area contributed by atoms with Crippen LogP contribution < -0.4 is 11.1 Å². The van der Waals surface area contributed by atoms with E-state index in [0.717, 1.165) is 0 Å². The second kappa shape index (κ2) is 4.32. The molecule has 0 atom stereocenters. The fraction of sp³-hybridized carbons (Fsp3) is 0.0909. The van der Waals surface area contributed by atoms with Gasteiger partial charge in [-0.25, -0.2) is 4.98 Å². The quantitative estimate of drug-likeness (QED) is 0.836. The normalized spacial score (nSPS) is 10.1. The van der Waals surface area contributed by atoms with Gasteiger partial charge in [-0.3, -0.25) is 4.79 Å². The summed E-state index contributed by atoms with van der Waals surface area (Å²) in [5.41, 5.74) is 7.58. The largest absolute Gasteiger partial charge is 0.384 e. The van der Waals surface area contributed by atoms with E-state index in [1.807, 2.05) is 5.38 Å². The Hall–Kier alpha value is -1.88. The fourth-order valence-electron chi connectivity index (χ4n) is 1.30. The number of carbonyl (C=O) groups excluding carboxylic acids is 1. The Balaban J connectivity index is 2.18. The van der Waals surface area contributed by atoms with E-state index in [1.54, 1.807) is 30.5 Å². The summed E-state index contributed by atoms with van der Waals surface area (Å²) in [7, 11) is 0. The highest BCUT2D eigenvalue weighted by Crippen LogP contribution is 2.16. The lowest BCUT2D eigenvalue weighted by Gasteiger charge is -2.06. The molecule has 0 unspecified atom stereocenters. The summed E-state index contributed by atoms with van der Waals surface area (Å²) >= 11 is 1.49. The maximum atomic E-state index is 11.7. The first-order valence-corrected chi connectivity index (χ1v) is 5.68. The molecule has 4 nitrogen and oxygen atoms in total. The smallest absolute Gasteiger partial charge is 0.256 e. The monoisotopic (exact) mass is 233 g/mol. The lowest BCUT2D eigenvalue weighted by Crippen LogP contribution is -2.12. The minimum Gasteiger partial charge on any atom is -0.384 e. The van der Waals surface area contributed by atoms with Crippen molar-refractivity contribution in [3.8, 4) is 0 Å². The number of pyridine rings is 1. The average Bonchev–Trinajstić information content (AvgIpc) is 2.75. The minimum atomic E-state index is -0.129. The second-order valence-electron chi connectivity index (χ2n) is 3.34. The number of hydrogen-bond donors (Lipinski definition) is 2. The van der Waals surface area contributed by atoms with Crippen LogP contribution in [-0.4, -0.2) is 10.9 Å². The zero-order chi connectivity index (χ0) is 11.5. The number of nitrogens with zero attached hydrogens (tertiary/aromatic N) is 1. The van der Waals surface area contributed by atoms with E-state index in [0.29, 0.717) is 22.8 Å². The van der Waals surface area contributed by atoms with Crippen LogP contribution in [0.3, 0.4) is 0 Å². The van der Waals surface area contributed by atoms with Crippen molar-refractivity contribution in [1.82, 2.24) is 4.98 Å². The van der Waals surface area contributed by atoms with Gasteiger partial charge in [-0.1, -0.05) is 0 Å². The van der Waals surface area contributed by atoms with E-state index >= 15 is 0 Å². The second-order valence-corrected chi connectivity index (χ2v) is 4.12. The highest BCUT2D eigenvalue weighted by atomic mass is 32.1. The molecule has 2 aromatic rings. The highest BCUT2D eigenvalue weighted by molar-refractivity contribution is 7.08. The third kappa shape index (κ3) is 2.20. The van der Waals surface area contributed by atoms with E-state index in [4.69, 9.17) is 5.73 Å². The van der Waals surface area contributed by atoms with E-state index < -0.39 is 0 Å². The van der Waals surface area contributed by atoms with E-state index in [9.17, 15) is 4.79 Å². The van der Waals surface area contributed by atoms with Crippen molar-refractivity contribution < 1.29 is 4.79 Å². The molecule has 82 valence electrons. The molecule has 0 saturated heterocycles. The van der Waals surface area contributed by atoms with Crippen LogP contribution in [0.5, 0.6) is 0 Å². The molecular weight excluding hydrogens is 222 g/mol. The van der Waals surface area contributed by atoms with E-state index in [-0.39, 0.29) is 5.91 Å². The third-order valence-electron chi connectivity index (χ3n) is 2.14. The van der Waals surface area contributed by atoms with Crippen molar-refractivity contribution >= 4 is 28.7 Å². The van der Waals surface area contributed by atoms with Crippen LogP contribution in [0.1, 0.15) is 16.1 Å². The van der Waals surface area contributed by atoms with Crippen molar-refractivity contribution in [2.24, 2.45) is 0 Å². The number of hydrogen-bond acceptors (Lipinski definition) is 4. The number of amides is 1.